The van der Waals surface area contributed by atoms with Gasteiger partial charge in [-0.3, -0.25) is 5.43 Å². The van der Waals surface area contributed by atoms with Crippen molar-refractivity contribution in [1.29, 1.82) is 0 Å². The van der Waals surface area contributed by atoms with Crippen LogP contribution in [0.15, 0.2) is 29.4 Å². The fraction of sp³-hybridized carbons (Fsp3) is 0.263. The van der Waals surface area contributed by atoms with Crippen LogP contribution >= 0.6 is 11.6 Å². The van der Waals surface area contributed by atoms with Gasteiger partial charge in [0.2, 0.25) is 0 Å². The van der Waals surface area contributed by atoms with Crippen LogP contribution in [-0.2, 0) is 4.79 Å². The van der Waals surface area contributed by atoms with E-state index in [-0.39, 0.29) is 5.71 Å². The van der Waals surface area contributed by atoms with Gasteiger partial charge in [-0.15, -0.1) is 0 Å². The molecule has 0 bridgehead atoms. The topological polar surface area (TPSA) is 70.9 Å². The van der Waals surface area contributed by atoms with Gasteiger partial charge in [0.15, 0.2) is 5.71 Å². The van der Waals surface area contributed by atoms with E-state index in [1.807, 2.05) is 33.8 Å². The molecule has 0 aliphatic heterocycles. The predicted molar refractivity (Wildman–Crippen MR) is 101 cm³/mol. The second-order valence-corrected chi connectivity index (χ2v) is 6.27. The first-order valence-electron chi connectivity index (χ1n) is 7.74. The minimum absolute atomic E-state index is 0.0641. The zero-order valence-corrected chi connectivity index (χ0v) is 15.7. The van der Waals surface area contributed by atoms with Crippen LogP contribution in [0.3, 0.4) is 0 Å². The van der Waals surface area contributed by atoms with E-state index >= 15 is 0 Å². The summed E-state index contributed by atoms with van der Waals surface area (Å²) in [6, 6.07) is 6.85. The summed E-state index contributed by atoms with van der Waals surface area (Å²) in [5.74, 6) is -0.592. The molecule has 0 saturated heterocycles. The molecule has 0 aliphatic rings. The molecule has 0 amide bonds. The molecule has 0 atom stereocenters. The summed E-state index contributed by atoms with van der Waals surface area (Å²) in [7, 11) is 1.52. The van der Waals surface area contributed by atoms with E-state index in [1.54, 1.807) is 18.2 Å². The van der Waals surface area contributed by atoms with Gasteiger partial charge in [0, 0.05) is 10.6 Å². The predicted octanol–water partition coefficient (Wildman–Crippen LogP) is 4.48. The summed E-state index contributed by atoms with van der Waals surface area (Å²) in [4.78, 5) is 11.8. The molecule has 6 heteroatoms. The van der Waals surface area contributed by atoms with E-state index in [4.69, 9.17) is 16.3 Å². The molecule has 0 aromatic heterocycles. The van der Waals surface area contributed by atoms with Crippen LogP contribution in [0.25, 0.3) is 0 Å². The molecule has 0 heterocycles. The molecule has 0 saturated carbocycles. The number of rotatable bonds is 5. The van der Waals surface area contributed by atoms with Crippen LogP contribution in [0.1, 0.15) is 27.8 Å². The summed E-state index contributed by atoms with van der Waals surface area (Å²) < 4.78 is 5.24. The van der Waals surface area contributed by atoms with Crippen molar-refractivity contribution >= 4 is 29.0 Å². The Bertz CT molecular complexity index is 860. The number of benzene rings is 2. The number of carboxylic acids is 1. The van der Waals surface area contributed by atoms with E-state index in [0.717, 1.165) is 22.3 Å². The van der Waals surface area contributed by atoms with E-state index in [2.05, 4.69) is 10.5 Å². The zero-order chi connectivity index (χ0) is 18.7. The Labute approximate surface area is 152 Å². The highest BCUT2D eigenvalue weighted by Crippen LogP contribution is 2.28. The number of anilines is 1. The van der Waals surface area contributed by atoms with Crippen molar-refractivity contribution in [2.75, 3.05) is 12.5 Å². The van der Waals surface area contributed by atoms with E-state index in [1.165, 1.54) is 7.11 Å². The summed E-state index contributed by atoms with van der Waals surface area (Å²) in [5, 5.41) is 14.2. The van der Waals surface area contributed by atoms with Gasteiger partial charge in [0.1, 0.15) is 5.75 Å². The Morgan fingerprint density at radius 1 is 1.12 bits per heavy atom. The highest BCUT2D eigenvalue weighted by molar-refractivity contribution is 6.43. The first-order valence-corrected chi connectivity index (χ1v) is 8.12. The van der Waals surface area contributed by atoms with Crippen molar-refractivity contribution in [2.45, 2.75) is 27.7 Å². The maximum Gasteiger partial charge on any atom is 0.356 e. The molecule has 25 heavy (non-hydrogen) atoms. The number of methoxy groups -OCH3 is 1. The fourth-order valence-electron chi connectivity index (χ4n) is 2.56. The lowest BCUT2D eigenvalue weighted by atomic mass is 9.92. The zero-order valence-electron chi connectivity index (χ0n) is 14.9. The van der Waals surface area contributed by atoms with Crippen molar-refractivity contribution in [3.63, 3.8) is 0 Å². The van der Waals surface area contributed by atoms with Crippen LogP contribution in [0.5, 0.6) is 5.75 Å². The molecule has 2 N–H and O–H groups in total. The second kappa shape index (κ2) is 7.57. The number of aryl methyl sites for hydroxylation is 1. The first-order chi connectivity index (χ1) is 11.8. The molecule has 0 radical (unpaired) electrons. The summed E-state index contributed by atoms with van der Waals surface area (Å²) in [5.41, 5.74) is 7.90. The molecular weight excluding hydrogens is 340 g/mol. The lowest BCUT2D eigenvalue weighted by Gasteiger charge is -2.15. The number of ether oxygens (including phenoxy) is 1. The third kappa shape index (κ3) is 3.94. The van der Waals surface area contributed by atoms with Crippen molar-refractivity contribution < 1.29 is 14.6 Å². The van der Waals surface area contributed by atoms with Crippen molar-refractivity contribution in [2.24, 2.45) is 5.10 Å². The summed E-state index contributed by atoms with van der Waals surface area (Å²) in [6.07, 6.45) is 0. The average molecular weight is 361 g/mol. The maximum atomic E-state index is 11.8. The maximum absolute atomic E-state index is 11.8. The monoisotopic (exact) mass is 360 g/mol. The number of nitrogens with zero attached hydrogens (tertiary/aromatic N) is 1. The van der Waals surface area contributed by atoms with Gasteiger partial charge in [0.25, 0.3) is 0 Å². The molecule has 132 valence electrons. The van der Waals surface area contributed by atoms with Crippen LogP contribution in [-0.4, -0.2) is 23.9 Å². The quantitative estimate of drug-likeness (QED) is 0.609. The standard InChI is InChI=1S/C19H21ClN2O3/c1-10-8-15(13(4)12(3)11(10)2)18(19(23)24)22-21-16-9-14(20)6-7-17(16)25-5/h6-9,21H,1-5H3,(H,23,24)/b22-18+. The number of aliphatic carboxylic acids is 1. The number of hydrazone groups is 1. The second-order valence-electron chi connectivity index (χ2n) is 5.84. The van der Waals surface area contributed by atoms with Crippen LogP contribution in [0, 0.1) is 27.7 Å². The van der Waals surface area contributed by atoms with E-state index in [0.29, 0.717) is 22.0 Å². The van der Waals surface area contributed by atoms with Gasteiger partial charge >= 0.3 is 5.97 Å². The number of halogens is 1. The van der Waals surface area contributed by atoms with Gasteiger partial charge in [-0.25, -0.2) is 4.79 Å². The Kier molecular flexibility index (Phi) is 5.69. The third-order valence-electron chi connectivity index (χ3n) is 4.39. The molecule has 0 spiro atoms. The SMILES string of the molecule is COc1ccc(Cl)cc1N/N=C(/C(=O)O)c1cc(C)c(C)c(C)c1C. The fourth-order valence-corrected chi connectivity index (χ4v) is 2.74. The van der Waals surface area contributed by atoms with E-state index in [9.17, 15) is 9.90 Å². The Hall–Kier alpha value is -2.53. The highest BCUT2D eigenvalue weighted by Gasteiger charge is 2.18. The molecule has 5 nitrogen and oxygen atoms in total. The van der Waals surface area contributed by atoms with Crippen molar-refractivity contribution in [3.8, 4) is 5.75 Å². The molecule has 0 aliphatic carbocycles. The van der Waals surface area contributed by atoms with E-state index < -0.39 is 5.97 Å². The third-order valence-corrected chi connectivity index (χ3v) is 4.62. The smallest absolute Gasteiger partial charge is 0.356 e. The van der Waals surface area contributed by atoms with Crippen molar-refractivity contribution in [1.82, 2.24) is 0 Å². The number of hydrogen-bond donors (Lipinski definition) is 2. The lowest BCUT2D eigenvalue weighted by Crippen LogP contribution is -2.19. The largest absolute Gasteiger partial charge is 0.495 e. The van der Waals surface area contributed by atoms with Gasteiger partial charge in [-0.2, -0.15) is 5.10 Å². The summed E-state index contributed by atoms with van der Waals surface area (Å²) >= 11 is 5.99. The van der Waals surface area contributed by atoms with Crippen LogP contribution in [0.4, 0.5) is 5.69 Å². The highest BCUT2D eigenvalue weighted by atomic mass is 35.5. The minimum Gasteiger partial charge on any atom is -0.495 e. The Balaban J connectivity index is 2.52. The molecular formula is C19H21ClN2O3. The Morgan fingerprint density at radius 3 is 2.40 bits per heavy atom. The van der Waals surface area contributed by atoms with Crippen LogP contribution < -0.4 is 10.2 Å². The summed E-state index contributed by atoms with van der Waals surface area (Å²) in [6.45, 7) is 7.86. The Morgan fingerprint density at radius 2 is 1.80 bits per heavy atom. The molecule has 0 fully saturated rings. The normalized spacial score (nSPS) is 11.4. The number of hydrogen-bond acceptors (Lipinski definition) is 4. The molecule has 2 aromatic carbocycles. The lowest BCUT2D eigenvalue weighted by molar-refractivity contribution is -0.129. The molecule has 2 aromatic rings. The van der Waals surface area contributed by atoms with Crippen LogP contribution in [0.2, 0.25) is 5.02 Å². The number of carbonyl (C=O) groups is 1. The van der Waals surface area contributed by atoms with Crippen molar-refractivity contribution in [3.05, 3.63) is 57.1 Å². The molecule has 0 unspecified atom stereocenters. The van der Waals surface area contributed by atoms with Gasteiger partial charge in [0.05, 0.1) is 12.8 Å². The van der Waals surface area contributed by atoms with Gasteiger partial charge in [-0.1, -0.05) is 11.6 Å². The number of nitrogens with one attached hydrogen (secondary N) is 1. The van der Waals surface area contributed by atoms with Gasteiger partial charge < -0.3 is 9.84 Å². The van der Waals surface area contributed by atoms with Gasteiger partial charge in [-0.05, 0) is 74.2 Å². The first kappa shape index (κ1) is 18.8. The minimum atomic E-state index is -1.11. The molecule has 2 rings (SSSR count). The average Bonchev–Trinajstić information content (AvgIpc) is 2.57. The number of carboxylic acid groups (broad SMARTS) is 1.